The van der Waals surface area contributed by atoms with E-state index >= 15 is 0 Å². The second-order valence-electron chi connectivity index (χ2n) is 4.11. The molecule has 5 nitrogen and oxygen atoms in total. The van der Waals surface area contributed by atoms with E-state index in [0.29, 0.717) is 12.1 Å². The number of fused-ring (bicyclic) bond motifs is 1. The Hall–Kier alpha value is -1.88. The van der Waals surface area contributed by atoms with Crippen LogP contribution in [0.15, 0.2) is 30.6 Å². The highest BCUT2D eigenvalue weighted by Crippen LogP contribution is 2.09. The monoisotopic (exact) mass is 232 g/mol. The van der Waals surface area contributed by atoms with Crippen molar-refractivity contribution in [2.24, 2.45) is 5.73 Å². The van der Waals surface area contributed by atoms with Crippen LogP contribution in [0.2, 0.25) is 0 Å². The van der Waals surface area contributed by atoms with Crippen molar-refractivity contribution < 1.29 is 4.79 Å². The first-order chi connectivity index (χ1) is 8.18. The van der Waals surface area contributed by atoms with Gasteiger partial charge in [-0.05, 0) is 25.5 Å². The van der Waals surface area contributed by atoms with Gasteiger partial charge in [0.25, 0.3) is 5.91 Å². The predicted molar refractivity (Wildman–Crippen MR) is 65.8 cm³/mol. The number of hydrogen-bond donors (Lipinski definition) is 2. The maximum absolute atomic E-state index is 11.9. The van der Waals surface area contributed by atoms with E-state index in [4.69, 9.17) is 5.73 Å². The van der Waals surface area contributed by atoms with E-state index < -0.39 is 0 Å². The molecule has 0 radical (unpaired) electrons. The van der Waals surface area contributed by atoms with E-state index in [0.717, 1.165) is 11.9 Å². The van der Waals surface area contributed by atoms with E-state index in [2.05, 4.69) is 10.4 Å². The van der Waals surface area contributed by atoms with E-state index in [9.17, 15) is 4.79 Å². The number of aromatic nitrogens is 2. The van der Waals surface area contributed by atoms with Crippen molar-refractivity contribution in [1.29, 1.82) is 0 Å². The molecule has 5 heteroatoms. The van der Waals surface area contributed by atoms with Gasteiger partial charge in [-0.3, -0.25) is 4.79 Å². The third-order valence-corrected chi connectivity index (χ3v) is 2.56. The number of nitrogens with zero attached hydrogens (tertiary/aromatic N) is 2. The van der Waals surface area contributed by atoms with Gasteiger partial charge in [-0.1, -0.05) is 6.07 Å². The highest BCUT2D eigenvalue weighted by Gasteiger charge is 2.11. The van der Waals surface area contributed by atoms with Gasteiger partial charge in [0.05, 0.1) is 17.3 Å². The lowest BCUT2D eigenvalue weighted by Gasteiger charge is -2.06. The summed E-state index contributed by atoms with van der Waals surface area (Å²) >= 11 is 0. The molecular weight excluding hydrogens is 216 g/mol. The Bertz CT molecular complexity index is 518. The van der Waals surface area contributed by atoms with Crippen LogP contribution >= 0.6 is 0 Å². The quantitative estimate of drug-likeness (QED) is 0.819. The second-order valence-corrected chi connectivity index (χ2v) is 4.11. The number of carbonyl (C=O) groups is 1. The lowest BCUT2D eigenvalue weighted by molar-refractivity contribution is 0.0954. The van der Waals surface area contributed by atoms with Crippen LogP contribution < -0.4 is 11.1 Å². The Balaban J connectivity index is 2.09. The van der Waals surface area contributed by atoms with Crippen molar-refractivity contribution in [2.45, 2.75) is 19.4 Å². The minimum absolute atomic E-state index is 0.0965. The molecule has 0 aliphatic heterocycles. The molecule has 0 fully saturated rings. The molecule has 0 aliphatic rings. The standard InChI is InChI=1S/C12H16N4O/c1-9(13)5-6-14-12(17)10-8-15-16-7-3-2-4-11(10)16/h2-4,7-9H,5-6,13H2,1H3,(H,14,17). The summed E-state index contributed by atoms with van der Waals surface area (Å²) in [4.78, 5) is 11.9. The SMILES string of the molecule is CC(N)CCNC(=O)c1cnn2ccccc12. The van der Waals surface area contributed by atoms with Crippen LogP contribution in [-0.4, -0.2) is 28.1 Å². The zero-order chi connectivity index (χ0) is 12.3. The van der Waals surface area contributed by atoms with Crippen molar-refractivity contribution in [2.75, 3.05) is 6.54 Å². The molecule has 0 bridgehead atoms. The van der Waals surface area contributed by atoms with Gasteiger partial charge < -0.3 is 11.1 Å². The maximum Gasteiger partial charge on any atom is 0.255 e. The molecule has 0 saturated carbocycles. The maximum atomic E-state index is 11.9. The first kappa shape index (κ1) is 11.6. The van der Waals surface area contributed by atoms with E-state index in [1.807, 2.05) is 31.3 Å². The zero-order valence-electron chi connectivity index (χ0n) is 9.76. The molecule has 2 aromatic heterocycles. The van der Waals surface area contributed by atoms with E-state index in [-0.39, 0.29) is 11.9 Å². The van der Waals surface area contributed by atoms with Gasteiger partial charge in [0.2, 0.25) is 0 Å². The largest absolute Gasteiger partial charge is 0.352 e. The Morgan fingerprint density at radius 3 is 3.18 bits per heavy atom. The van der Waals surface area contributed by atoms with Crippen LogP contribution in [-0.2, 0) is 0 Å². The molecule has 1 atom stereocenters. The molecule has 90 valence electrons. The van der Waals surface area contributed by atoms with Crippen molar-refractivity contribution in [1.82, 2.24) is 14.9 Å². The molecule has 2 heterocycles. The molecule has 17 heavy (non-hydrogen) atoms. The Morgan fingerprint density at radius 2 is 2.41 bits per heavy atom. The summed E-state index contributed by atoms with van der Waals surface area (Å²) < 4.78 is 1.68. The Labute approximate surface area is 99.6 Å². The molecule has 2 aromatic rings. The van der Waals surface area contributed by atoms with Gasteiger partial charge >= 0.3 is 0 Å². The van der Waals surface area contributed by atoms with Gasteiger partial charge in [0, 0.05) is 18.8 Å². The predicted octanol–water partition coefficient (Wildman–Crippen LogP) is 0.801. The first-order valence-corrected chi connectivity index (χ1v) is 5.64. The summed E-state index contributed by atoms with van der Waals surface area (Å²) in [7, 11) is 0. The topological polar surface area (TPSA) is 72.4 Å². The second kappa shape index (κ2) is 4.97. The van der Waals surface area contributed by atoms with Crippen molar-refractivity contribution in [3.63, 3.8) is 0 Å². The highest BCUT2D eigenvalue weighted by atomic mass is 16.1. The number of rotatable bonds is 4. The van der Waals surface area contributed by atoms with Crippen LogP contribution in [0, 0.1) is 0 Å². The van der Waals surface area contributed by atoms with Gasteiger partial charge in [-0.15, -0.1) is 0 Å². The average molecular weight is 232 g/mol. The summed E-state index contributed by atoms with van der Waals surface area (Å²) in [5.41, 5.74) is 7.02. The molecule has 3 N–H and O–H groups in total. The highest BCUT2D eigenvalue weighted by molar-refractivity contribution is 6.00. The van der Waals surface area contributed by atoms with Crippen LogP contribution in [0.3, 0.4) is 0 Å². The Kier molecular flexibility index (Phi) is 3.39. The minimum atomic E-state index is -0.105. The van der Waals surface area contributed by atoms with E-state index in [1.54, 1.807) is 10.7 Å². The van der Waals surface area contributed by atoms with Crippen LogP contribution in [0.1, 0.15) is 23.7 Å². The van der Waals surface area contributed by atoms with Crippen molar-refractivity contribution >= 4 is 11.4 Å². The number of carbonyl (C=O) groups excluding carboxylic acids is 1. The molecule has 1 amide bonds. The van der Waals surface area contributed by atoms with Crippen molar-refractivity contribution in [3.8, 4) is 0 Å². The fraction of sp³-hybridized carbons (Fsp3) is 0.333. The van der Waals surface area contributed by atoms with Gasteiger partial charge in [-0.2, -0.15) is 5.10 Å². The van der Waals surface area contributed by atoms with Crippen LogP contribution in [0.5, 0.6) is 0 Å². The molecule has 1 unspecified atom stereocenters. The molecular formula is C12H16N4O. The van der Waals surface area contributed by atoms with Gasteiger partial charge in [0.1, 0.15) is 0 Å². The van der Waals surface area contributed by atoms with Gasteiger partial charge in [0.15, 0.2) is 0 Å². The minimum Gasteiger partial charge on any atom is -0.352 e. The molecule has 0 spiro atoms. The lowest BCUT2D eigenvalue weighted by Crippen LogP contribution is -2.28. The number of nitrogens with two attached hydrogens (primary N) is 1. The lowest BCUT2D eigenvalue weighted by atomic mass is 10.2. The number of amides is 1. The fourth-order valence-corrected chi connectivity index (χ4v) is 1.62. The molecule has 2 rings (SSSR count). The summed E-state index contributed by atoms with van der Waals surface area (Å²) in [5, 5.41) is 6.95. The van der Waals surface area contributed by atoms with Crippen LogP contribution in [0.25, 0.3) is 5.52 Å². The summed E-state index contributed by atoms with van der Waals surface area (Å²) in [6, 6.07) is 5.72. The third kappa shape index (κ3) is 2.62. The number of hydrogen-bond acceptors (Lipinski definition) is 3. The Morgan fingerprint density at radius 1 is 1.59 bits per heavy atom. The zero-order valence-corrected chi connectivity index (χ0v) is 9.76. The smallest absolute Gasteiger partial charge is 0.255 e. The molecule has 0 aromatic carbocycles. The third-order valence-electron chi connectivity index (χ3n) is 2.56. The fourth-order valence-electron chi connectivity index (χ4n) is 1.62. The first-order valence-electron chi connectivity index (χ1n) is 5.64. The summed E-state index contributed by atoms with van der Waals surface area (Å²) in [6.07, 6.45) is 4.16. The van der Waals surface area contributed by atoms with Crippen LogP contribution in [0.4, 0.5) is 0 Å². The van der Waals surface area contributed by atoms with E-state index in [1.165, 1.54) is 0 Å². The summed E-state index contributed by atoms with van der Waals surface area (Å²) in [5.74, 6) is -0.105. The van der Waals surface area contributed by atoms with Gasteiger partial charge in [-0.25, -0.2) is 4.52 Å². The summed E-state index contributed by atoms with van der Waals surface area (Å²) in [6.45, 7) is 2.50. The average Bonchev–Trinajstić information content (AvgIpc) is 2.72. The molecule has 0 aliphatic carbocycles. The van der Waals surface area contributed by atoms with Crippen molar-refractivity contribution in [3.05, 3.63) is 36.2 Å². The molecule has 0 saturated heterocycles. The number of nitrogens with one attached hydrogen (secondary N) is 1. The normalized spacial score (nSPS) is 12.6. The number of pyridine rings is 1.